The summed E-state index contributed by atoms with van der Waals surface area (Å²) in [4.78, 5) is 10.7. The van der Waals surface area contributed by atoms with Crippen LogP contribution in [0.3, 0.4) is 0 Å². The third-order valence-electron chi connectivity index (χ3n) is 3.10. The monoisotopic (exact) mass is 202 g/mol. The van der Waals surface area contributed by atoms with Crippen LogP contribution in [0.5, 0.6) is 0 Å². The summed E-state index contributed by atoms with van der Waals surface area (Å²) in [5, 5.41) is 0. The minimum absolute atomic E-state index is 0.00657. The molecular weight excluding hydrogens is 190 g/mol. The smallest absolute Gasteiger partial charge is 0.302 e. The highest BCUT2D eigenvalue weighted by atomic mass is 19.3. The van der Waals surface area contributed by atoms with Crippen LogP contribution in [0.1, 0.15) is 19.8 Å². The zero-order valence-electron chi connectivity index (χ0n) is 7.87. The average molecular weight is 202 g/mol. The second-order valence-corrected chi connectivity index (χ2v) is 4.11. The maximum atomic E-state index is 12.7. The van der Waals surface area contributed by atoms with Gasteiger partial charge in [0.05, 0.1) is 5.41 Å². The Morgan fingerprint density at radius 2 is 2.29 bits per heavy atom. The van der Waals surface area contributed by atoms with Crippen molar-refractivity contribution in [2.24, 2.45) is 11.3 Å². The summed E-state index contributed by atoms with van der Waals surface area (Å²) < 4.78 is 30.5. The average Bonchev–Trinajstić information content (AvgIpc) is 2.60. The fourth-order valence-corrected chi connectivity index (χ4v) is 2.42. The number of ether oxygens (including phenoxy) is 1. The lowest BCUT2D eigenvalue weighted by Crippen LogP contribution is -2.27. The molecule has 4 heteroatoms. The number of carbonyl (C=O) groups is 1. The quantitative estimate of drug-likeness (QED) is 0.506. The summed E-state index contributed by atoms with van der Waals surface area (Å²) in [6.45, 7) is 1.31. The first-order valence-electron chi connectivity index (χ1n) is 4.68. The van der Waals surface area contributed by atoms with Gasteiger partial charge in [0.1, 0.15) is 6.10 Å². The maximum absolute atomic E-state index is 12.7. The van der Waals surface area contributed by atoms with E-state index in [1.165, 1.54) is 6.92 Å². The zero-order chi connectivity index (χ0) is 10.3. The molecule has 14 heavy (non-hydrogen) atoms. The highest BCUT2D eigenvalue weighted by Gasteiger charge is 2.53. The number of rotatable bonds is 2. The molecule has 0 saturated heterocycles. The number of fused-ring (bicyclic) bond motifs is 2. The third kappa shape index (κ3) is 1.33. The molecule has 2 nitrogen and oxygen atoms in total. The van der Waals surface area contributed by atoms with Gasteiger partial charge in [-0.05, 0) is 12.8 Å². The lowest BCUT2D eigenvalue weighted by Gasteiger charge is -2.24. The zero-order valence-corrected chi connectivity index (χ0v) is 7.87. The van der Waals surface area contributed by atoms with Crippen LogP contribution < -0.4 is 0 Å². The largest absolute Gasteiger partial charge is 0.462 e. The van der Waals surface area contributed by atoms with Crippen LogP contribution >= 0.6 is 0 Å². The van der Waals surface area contributed by atoms with Gasteiger partial charge in [0.15, 0.2) is 0 Å². The van der Waals surface area contributed by atoms with Crippen LogP contribution in [0.2, 0.25) is 0 Å². The van der Waals surface area contributed by atoms with Crippen LogP contribution in [-0.2, 0) is 9.53 Å². The molecule has 1 saturated carbocycles. The molecule has 0 aromatic carbocycles. The van der Waals surface area contributed by atoms with Gasteiger partial charge in [0.25, 0.3) is 0 Å². The van der Waals surface area contributed by atoms with Gasteiger partial charge in [-0.1, -0.05) is 12.2 Å². The van der Waals surface area contributed by atoms with Gasteiger partial charge < -0.3 is 4.74 Å². The van der Waals surface area contributed by atoms with E-state index in [1.807, 2.05) is 0 Å². The minimum atomic E-state index is -2.36. The fourth-order valence-electron chi connectivity index (χ4n) is 2.42. The van der Waals surface area contributed by atoms with Crippen LogP contribution in [0, 0.1) is 11.3 Å². The molecule has 0 N–H and O–H groups in total. The van der Waals surface area contributed by atoms with Crippen molar-refractivity contribution in [3.05, 3.63) is 12.2 Å². The molecule has 2 aliphatic carbocycles. The van der Waals surface area contributed by atoms with Crippen LogP contribution in [0.15, 0.2) is 12.2 Å². The third-order valence-corrected chi connectivity index (χ3v) is 3.10. The first-order valence-corrected chi connectivity index (χ1v) is 4.68. The van der Waals surface area contributed by atoms with Crippen LogP contribution in [-0.4, -0.2) is 18.5 Å². The van der Waals surface area contributed by atoms with Crippen molar-refractivity contribution in [3.63, 3.8) is 0 Å². The molecule has 0 heterocycles. The Balaban J connectivity index is 2.10. The number of allylic oxidation sites excluding steroid dienone is 1. The van der Waals surface area contributed by atoms with Crippen LogP contribution in [0.4, 0.5) is 8.78 Å². The van der Waals surface area contributed by atoms with E-state index in [0.29, 0.717) is 6.42 Å². The fraction of sp³-hybridized carbons (Fsp3) is 0.700. The van der Waals surface area contributed by atoms with Gasteiger partial charge in [-0.15, -0.1) is 0 Å². The van der Waals surface area contributed by atoms with Crippen molar-refractivity contribution in [3.8, 4) is 0 Å². The van der Waals surface area contributed by atoms with Crippen LogP contribution in [0.25, 0.3) is 0 Å². The Bertz CT molecular complexity index is 288. The first kappa shape index (κ1) is 9.62. The number of esters is 1. The Labute approximate surface area is 80.9 Å². The van der Waals surface area contributed by atoms with E-state index in [0.717, 1.165) is 0 Å². The minimum Gasteiger partial charge on any atom is -0.462 e. The van der Waals surface area contributed by atoms with Gasteiger partial charge in [0.2, 0.25) is 6.43 Å². The molecule has 0 amide bonds. The highest BCUT2D eigenvalue weighted by Crippen LogP contribution is 2.53. The van der Waals surface area contributed by atoms with Gasteiger partial charge in [0, 0.05) is 12.8 Å². The van der Waals surface area contributed by atoms with E-state index in [4.69, 9.17) is 4.74 Å². The summed E-state index contributed by atoms with van der Waals surface area (Å²) in [5.74, 6) is -0.395. The molecular formula is C10H12F2O2. The number of hydrogen-bond acceptors (Lipinski definition) is 2. The van der Waals surface area contributed by atoms with Crippen molar-refractivity contribution in [2.45, 2.75) is 32.3 Å². The molecule has 78 valence electrons. The number of halogens is 2. The van der Waals surface area contributed by atoms with Gasteiger partial charge in [-0.25, -0.2) is 8.78 Å². The molecule has 3 atom stereocenters. The van der Waals surface area contributed by atoms with Crippen molar-refractivity contribution in [2.75, 3.05) is 0 Å². The lowest BCUT2D eigenvalue weighted by atomic mass is 9.88. The SMILES string of the molecule is CC(=O)OC1CC2(C(F)F)C=CC1C2. The van der Waals surface area contributed by atoms with Crippen molar-refractivity contribution >= 4 is 5.97 Å². The molecule has 1 fully saturated rings. The van der Waals surface area contributed by atoms with Gasteiger partial charge in [-0.3, -0.25) is 4.79 Å². The summed E-state index contributed by atoms with van der Waals surface area (Å²) in [7, 11) is 0. The van der Waals surface area contributed by atoms with Crippen molar-refractivity contribution in [1.29, 1.82) is 0 Å². The van der Waals surface area contributed by atoms with Gasteiger partial charge in [-0.2, -0.15) is 0 Å². The topological polar surface area (TPSA) is 26.3 Å². The first-order chi connectivity index (χ1) is 6.53. The van der Waals surface area contributed by atoms with Crippen molar-refractivity contribution < 1.29 is 18.3 Å². The number of carbonyl (C=O) groups excluding carboxylic acids is 1. The number of alkyl halides is 2. The Morgan fingerprint density at radius 1 is 1.57 bits per heavy atom. The molecule has 0 radical (unpaired) electrons. The van der Waals surface area contributed by atoms with E-state index >= 15 is 0 Å². The normalized spacial score (nSPS) is 39.4. The molecule has 0 aliphatic heterocycles. The van der Waals surface area contributed by atoms with E-state index < -0.39 is 11.8 Å². The van der Waals surface area contributed by atoms with E-state index in [9.17, 15) is 13.6 Å². The Morgan fingerprint density at radius 3 is 2.79 bits per heavy atom. The predicted molar refractivity (Wildman–Crippen MR) is 45.9 cm³/mol. The van der Waals surface area contributed by atoms with E-state index in [2.05, 4.69) is 0 Å². The lowest BCUT2D eigenvalue weighted by molar-refractivity contribution is -0.148. The maximum Gasteiger partial charge on any atom is 0.302 e. The Hall–Kier alpha value is -0.930. The number of hydrogen-bond donors (Lipinski definition) is 0. The van der Waals surface area contributed by atoms with E-state index in [1.54, 1.807) is 12.2 Å². The molecule has 2 aliphatic rings. The van der Waals surface area contributed by atoms with E-state index in [-0.39, 0.29) is 24.4 Å². The predicted octanol–water partition coefficient (Wildman–Crippen LogP) is 2.15. The molecule has 2 bridgehead atoms. The van der Waals surface area contributed by atoms with Crippen molar-refractivity contribution in [1.82, 2.24) is 0 Å². The summed E-state index contributed by atoms with van der Waals surface area (Å²) >= 11 is 0. The summed E-state index contributed by atoms with van der Waals surface area (Å²) in [6, 6.07) is 0. The van der Waals surface area contributed by atoms with Gasteiger partial charge >= 0.3 is 5.97 Å². The summed E-state index contributed by atoms with van der Waals surface area (Å²) in [6.07, 6.45) is 1.33. The second kappa shape index (κ2) is 3.04. The molecule has 0 aromatic rings. The summed E-state index contributed by atoms with van der Waals surface area (Å²) in [5.41, 5.74) is -1.02. The molecule has 2 rings (SSSR count). The highest BCUT2D eigenvalue weighted by molar-refractivity contribution is 5.66. The second-order valence-electron chi connectivity index (χ2n) is 4.11. The molecule has 0 spiro atoms. The molecule has 3 unspecified atom stereocenters. The molecule has 0 aromatic heterocycles. The standard InChI is InChI=1S/C10H12F2O2/c1-6(13)14-8-5-10(9(11)12)3-2-7(8)4-10/h2-3,7-9H,4-5H2,1H3. The Kier molecular flexibility index (Phi) is 2.09.